The Morgan fingerprint density at radius 3 is 2.67 bits per heavy atom. The van der Waals surface area contributed by atoms with E-state index in [0.717, 1.165) is 5.56 Å². The van der Waals surface area contributed by atoms with Crippen LogP contribution in [0.2, 0.25) is 5.02 Å². The summed E-state index contributed by atoms with van der Waals surface area (Å²) in [6.07, 6.45) is 0. The van der Waals surface area contributed by atoms with Crippen molar-refractivity contribution >= 4 is 11.6 Å². The number of ether oxygens (including phenoxy) is 1. The zero-order valence-corrected chi connectivity index (χ0v) is 10.6. The van der Waals surface area contributed by atoms with E-state index in [-0.39, 0.29) is 5.02 Å². The summed E-state index contributed by atoms with van der Waals surface area (Å²) in [5.41, 5.74) is 7.48. The van der Waals surface area contributed by atoms with Gasteiger partial charge in [0.1, 0.15) is 11.6 Å². The fourth-order valence-corrected chi connectivity index (χ4v) is 2.02. The minimum Gasteiger partial charge on any atom is -0.497 e. The molecule has 1 atom stereocenters. The van der Waals surface area contributed by atoms with Gasteiger partial charge in [0.2, 0.25) is 0 Å². The second-order valence-corrected chi connectivity index (χ2v) is 4.28. The molecule has 94 valence electrons. The van der Waals surface area contributed by atoms with Crippen molar-refractivity contribution in [2.75, 3.05) is 7.11 Å². The summed E-state index contributed by atoms with van der Waals surface area (Å²) in [7, 11) is 1.58. The molecule has 2 aromatic carbocycles. The molecule has 0 spiro atoms. The zero-order valence-electron chi connectivity index (χ0n) is 9.86. The molecule has 0 aromatic heterocycles. The minimum absolute atomic E-state index is 0.0628. The van der Waals surface area contributed by atoms with Gasteiger partial charge in [0.05, 0.1) is 18.2 Å². The molecule has 0 fully saturated rings. The summed E-state index contributed by atoms with van der Waals surface area (Å²) < 4.78 is 18.5. The van der Waals surface area contributed by atoms with Crippen LogP contribution in [-0.2, 0) is 0 Å². The highest BCUT2D eigenvalue weighted by Gasteiger charge is 2.15. The van der Waals surface area contributed by atoms with E-state index in [1.54, 1.807) is 19.2 Å². The highest BCUT2D eigenvalue weighted by Crippen LogP contribution is 2.29. The average Bonchev–Trinajstić information content (AvgIpc) is 2.41. The molecular formula is C14H13ClFNO. The summed E-state index contributed by atoms with van der Waals surface area (Å²) in [4.78, 5) is 0. The molecule has 0 radical (unpaired) electrons. The molecular weight excluding hydrogens is 253 g/mol. The lowest BCUT2D eigenvalue weighted by Gasteiger charge is -2.15. The van der Waals surface area contributed by atoms with Crippen molar-refractivity contribution in [3.05, 3.63) is 64.4 Å². The van der Waals surface area contributed by atoms with Gasteiger partial charge in [-0.1, -0.05) is 35.9 Å². The largest absolute Gasteiger partial charge is 0.497 e. The van der Waals surface area contributed by atoms with Crippen LogP contribution in [-0.4, -0.2) is 7.11 Å². The van der Waals surface area contributed by atoms with Gasteiger partial charge in [-0.2, -0.15) is 0 Å². The SMILES string of the molecule is COc1cccc(C(N)c2cccc(F)c2Cl)c1. The van der Waals surface area contributed by atoms with Crippen LogP contribution in [0.4, 0.5) is 4.39 Å². The summed E-state index contributed by atoms with van der Waals surface area (Å²) in [5.74, 6) is 0.239. The number of halogens is 2. The van der Waals surface area contributed by atoms with E-state index >= 15 is 0 Å². The Balaban J connectivity index is 2.41. The number of hydrogen-bond donors (Lipinski definition) is 1. The zero-order chi connectivity index (χ0) is 13.1. The van der Waals surface area contributed by atoms with Crippen molar-refractivity contribution in [1.82, 2.24) is 0 Å². The van der Waals surface area contributed by atoms with Crippen molar-refractivity contribution in [2.24, 2.45) is 5.73 Å². The molecule has 0 aliphatic rings. The van der Waals surface area contributed by atoms with E-state index < -0.39 is 11.9 Å². The summed E-state index contributed by atoms with van der Waals surface area (Å²) in [5, 5.41) is 0.0628. The normalized spacial score (nSPS) is 12.2. The lowest BCUT2D eigenvalue weighted by atomic mass is 9.99. The Labute approximate surface area is 110 Å². The number of rotatable bonds is 3. The van der Waals surface area contributed by atoms with Gasteiger partial charge in [0, 0.05) is 0 Å². The third-order valence-electron chi connectivity index (χ3n) is 2.77. The van der Waals surface area contributed by atoms with Crippen LogP contribution >= 0.6 is 11.6 Å². The highest BCUT2D eigenvalue weighted by molar-refractivity contribution is 6.31. The van der Waals surface area contributed by atoms with Gasteiger partial charge in [-0.15, -0.1) is 0 Å². The van der Waals surface area contributed by atoms with Crippen LogP contribution in [0, 0.1) is 5.82 Å². The molecule has 2 nitrogen and oxygen atoms in total. The van der Waals surface area contributed by atoms with Crippen LogP contribution in [0.5, 0.6) is 5.75 Å². The first-order valence-electron chi connectivity index (χ1n) is 5.47. The smallest absolute Gasteiger partial charge is 0.142 e. The van der Waals surface area contributed by atoms with Crippen molar-refractivity contribution in [1.29, 1.82) is 0 Å². The fraction of sp³-hybridized carbons (Fsp3) is 0.143. The number of nitrogens with two attached hydrogens (primary N) is 1. The third-order valence-corrected chi connectivity index (χ3v) is 3.17. The lowest BCUT2D eigenvalue weighted by molar-refractivity contribution is 0.414. The van der Waals surface area contributed by atoms with Crippen molar-refractivity contribution in [3.8, 4) is 5.75 Å². The molecule has 0 saturated heterocycles. The maximum atomic E-state index is 13.4. The summed E-state index contributed by atoms with van der Waals surface area (Å²) >= 11 is 5.93. The van der Waals surface area contributed by atoms with Crippen molar-refractivity contribution < 1.29 is 9.13 Å². The van der Waals surface area contributed by atoms with Gasteiger partial charge in [-0.3, -0.25) is 0 Å². The van der Waals surface area contributed by atoms with Crippen LogP contribution in [0.15, 0.2) is 42.5 Å². The molecule has 2 N–H and O–H groups in total. The van der Waals surface area contributed by atoms with Crippen LogP contribution < -0.4 is 10.5 Å². The van der Waals surface area contributed by atoms with Gasteiger partial charge in [0.15, 0.2) is 0 Å². The molecule has 0 amide bonds. The average molecular weight is 266 g/mol. The van der Waals surface area contributed by atoms with Crippen molar-refractivity contribution in [2.45, 2.75) is 6.04 Å². The first kappa shape index (κ1) is 12.9. The Morgan fingerprint density at radius 2 is 1.94 bits per heavy atom. The maximum Gasteiger partial charge on any atom is 0.142 e. The molecule has 0 heterocycles. The first-order valence-corrected chi connectivity index (χ1v) is 5.84. The Bertz CT molecular complexity index is 559. The highest BCUT2D eigenvalue weighted by atomic mass is 35.5. The molecule has 4 heteroatoms. The summed E-state index contributed by atoms with van der Waals surface area (Å²) in [6.45, 7) is 0. The predicted molar refractivity (Wildman–Crippen MR) is 70.4 cm³/mol. The van der Waals surface area contributed by atoms with E-state index in [9.17, 15) is 4.39 Å². The topological polar surface area (TPSA) is 35.2 Å². The van der Waals surface area contributed by atoms with Gasteiger partial charge in [-0.05, 0) is 29.3 Å². The van der Waals surface area contributed by atoms with Gasteiger partial charge in [0.25, 0.3) is 0 Å². The van der Waals surface area contributed by atoms with Crippen LogP contribution in [0.1, 0.15) is 17.2 Å². The molecule has 0 saturated carbocycles. The molecule has 18 heavy (non-hydrogen) atoms. The Hall–Kier alpha value is -1.58. The van der Waals surface area contributed by atoms with E-state index in [2.05, 4.69) is 0 Å². The minimum atomic E-state index is -0.483. The molecule has 2 rings (SSSR count). The predicted octanol–water partition coefficient (Wildman–Crippen LogP) is 3.54. The van der Waals surface area contributed by atoms with Gasteiger partial charge >= 0.3 is 0 Å². The van der Waals surface area contributed by atoms with E-state index in [0.29, 0.717) is 11.3 Å². The second-order valence-electron chi connectivity index (χ2n) is 3.90. The monoisotopic (exact) mass is 265 g/mol. The standard InChI is InChI=1S/C14H13ClFNO/c1-18-10-5-2-4-9(8-10)14(17)11-6-3-7-12(16)13(11)15/h2-8,14H,17H2,1H3. The Morgan fingerprint density at radius 1 is 1.22 bits per heavy atom. The molecule has 2 aromatic rings. The number of hydrogen-bond acceptors (Lipinski definition) is 2. The lowest BCUT2D eigenvalue weighted by Crippen LogP contribution is -2.12. The third kappa shape index (κ3) is 2.47. The molecule has 0 bridgehead atoms. The second kappa shape index (κ2) is 5.38. The maximum absolute atomic E-state index is 13.4. The molecule has 1 unspecified atom stereocenters. The molecule has 0 aliphatic heterocycles. The summed E-state index contributed by atoms with van der Waals surface area (Å²) in [6, 6.07) is 11.5. The van der Waals surface area contributed by atoms with Gasteiger partial charge in [-0.25, -0.2) is 4.39 Å². The van der Waals surface area contributed by atoms with Gasteiger partial charge < -0.3 is 10.5 Å². The van der Waals surface area contributed by atoms with Crippen LogP contribution in [0.25, 0.3) is 0 Å². The fourth-order valence-electron chi connectivity index (χ4n) is 1.78. The number of methoxy groups -OCH3 is 1. The van der Waals surface area contributed by atoms with Crippen LogP contribution in [0.3, 0.4) is 0 Å². The van der Waals surface area contributed by atoms with E-state index in [1.165, 1.54) is 6.07 Å². The molecule has 0 aliphatic carbocycles. The first-order chi connectivity index (χ1) is 8.63. The number of benzene rings is 2. The van der Waals surface area contributed by atoms with E-state index in [1.807, 2.05) is 24.3 Å². The van der Waals surface area contributed by atoms with Crippen molar-refractivity contribution in [3.63, 3.8) is 0 Å². The quantitative estimate of drug-likeness (QED) is 0.921. The van der Waals surface area contributed by atoms with E-state index in [4.69, 9.17) is 22.1 Å². The Kier molecular flexibility index (Phi) is 3.84.